The Morgan fingerprint density at radius 3 is 2.77 bits per heavy atom. The summed E-state index contributed by atoms with van der Waals surface area (Å²) < 4.78 is 1.91. The fourth-order valence-electron chi connectivity index (χ4n) is 5.25. The number of pyridine rings is 2. The first kappa shape index (κ1) is 28.5. The molecule has 3 aromatic heterocycles. The minimum Gasteiger partial charge on any atom is -0.354 e. The van der Waals surface area contributed by atoms with Crippen molar-refractivity contribution in [1.82, 2.24) is 25.3 Å². The smallest absolute Gasteiger partial charge is 0.258 e. The van der Waals surface area contributed by atoms with E-state index in [0.29, 0.717) is 35.0 Å². The van der Waals surface area contributed by atoms with E-state index in [0.717, 1.165) is 48.6 Å². The fourth-order valence-corrected chi connectivity index (χ4v) is 6.37. The first-order valence-corrected chi connectivity index (χ1v) is 14.4. The van der Waals surface area contributed by atoms with Crippen LogP contribution in [0.1, 0.15) is 67.4 Å². The van der Waals surface area contributed by atoms with Gasteiger partial charge < -0.3 is 20.9 Å². The topological polar surface area (TPSA) is 108 Å². The highest BCUT2D eigenvalue weighted by molar-refractivity contribution is 7.19. The van der Waals surface area contributed by atoms with E-state index in [9.17, 15) is 14.4 Å². The Morgan fingerprint density at radius 2 is 2.10 bits per heavy atom. The number of rotatable bonds is 11. The van der Waals surface area contributed by atoms with Gasteiger partial charge in [0.15, 0.2) is 5.65 Å². The predicted molar refractivity (Wildman–Crippen MR) is 161 cm³/mol. The van der Waals surface area contributed by atoms with Gasteiger partial charge in [-0.25, -0.2) is 4.98 Å². The number of allylic oxidation sites excluding steroid dienone is 1. The van der Waals surface area contributed by atoms with Crippen LogP contribution < -0.4 is 26.3 Å². The lowest BCUT2D eigenvalue weighted by Gasteiger charge is -2.19. The van der Waals surface area contributed by atoms with Crippen molar-refractivity contribution in [2.45, 2.75) is 58.5 Å². The number of aromatic nitrogens is 2. The van der Waals surface area contributed by atoms with Crippen LogP contribution in [0.5, 0.6) is 0 Å². The van der Waals surface area contributed by atoms with Gasteiger partial charge in [0, 0.05) is 38.6 Å². The number of nitrogens with one attached hydrogen (secondary N) is 3. The van der Waals surface area contributed by atoms with Crippen molar-refractivity contribution in [3.63, 3.8) is 0 Å². The van der Waals surface area contributed by atoms with Gasteiger partial charge in [0.1, 0.15) is 16.2 Å². The van der Waals surface area contributed by atoms with Gasteiger partial charge in [-0.3, -0.25) is 18.8 Å². The molecule has 0 radical (unpaired) electrons. The third-order valence-corrected chi connectivity index (χ3v) is 8.32. The van der Waals surface area contributed by atoms with Crippen molar-refractivity contribution in [3.8, 4) is 0 Å². The number of carbonyl (C=O) groups is 2. The van der Waals surface area contributed by atoms with Gasteiger partial charge in [-0.1, -0.05) is 26.0 Å². The van der Waals surface area contributed by atoms with E-state index < -0.39 is 0 Å². The Hall–Kier alpha value is -3.50. The standard InChI is InChI=1S/C29H38N6O3S/c1-6-9-19(30-5)13-15-31-28(38)25-26(37)21-11-12-24(34-16-14-20(17-34)32-18(4)36)33-27(21)35-22(10-7-2)23(8-3)39-29(25)35/h7-8,10-12,19-20,30H,3,6,9,13-17H2,1-2,4-5H3,(H,31,38)(H,32,36)/b10-7-. The van der Waals surface area contributed by atoms with Crippen LogP contribution in [0.4, 0.5) is 5.82 Å². The van der Waals surface area contributed by atoms with Gasteiger partial charge in [-0.05, 0) is 57.5 Å². The molecule has 0 aromatic carbocycles. The highest BCUT2D eigenvalue weighted by Crippen LogP contribution is 2.31. The van der Waals surface area contributed by atoms with Crippen LogP contribution in [0.25, 0.3) is 28.0 Å². The normalized spacial score (nSPS) is 16.3. The molecule has 1 saturated heterocycles. The van der Waals surface area contributed by atoms with Gasteiger partial charge in [0.25, 0.3) is 5.91 Å². The maximum atomic E-state index is 13.8. The zero-order valence-electron chi connectivity index (χ0n) is 23.2. The molecule has 0 bridgehead atoms. The number of amides is 2. The molecule has 1 aliphatic heterocycles. The van der Waals surface area contributed by atoms with Crippen molar-refractivity contribution < 1.29 is 9.59 Å². The quantitative estimate of drug-likeness (QED) is 0.335. The molecule has 3 aromatic rings. The number of nitrogens with zero attached hydrogens (tertiary/aromatic N) is 3. The molecule has 4 rings (SSSR count). The SMILES string of the molecule is C=Cc1sc2c(C(=O)NCCC(CCC)NC)c(=O)c3ccc(N4CCC(NC(C)=O)C4)nc3n2c1/C=C\C. The molecular formula is C29H38N6O3S. The molecular weight excluding hydrogens is 512 g/mol. The van der Waals surface area contributed by atoms with E-state index in [1.165, 1.54) is 18.3 Å². The highest BCUT2D eigenvalue weighted by Gasteiger charge is 2.27. The van der Waals surface area contributed by atoms with Gasteiger partial charge in [0.05, 0.1) is 16.0 Å². The molecule has 2 atom stereocenters. The number of fused-ring (bicyclic) bond motifs is 3. The Balaban J connectivity index is 1.80. The number of thiazole rings is 1. The van der Waals surface area contributed by atoms with Gasteiger partial charge in [0.2, 0.25) is 11.3 Å². The molecule has 39 heavy (non-hydrogen) atoms. The third kappa shape index (κ3) is 5.91. The summed E-state index contributed by atoms with van der Waals surface area (Å²) in [6.07, 6.45) is 9.29. The Kier molecular flexibility index (Phi) is 9.19. The van der Waals surface area contributed by atoms with Crippen LogP contribution in [0, 0.1) is 0 Å². The summed E-state index contributed by atoms with van der Waals surface area (Å²) in [6.45, 7) is 11.4. The second-order valence-electron chi connectivity index (χ2n) is 9.89. The van der Waals surface area contributed by atoms with Gasteiger partial charge in [-0.15, -0.1) is 11.3 Å². The van der Waals surface area contributed by atoms with Gasteiger partial charge >= 0.3 is 0 Å². The van der Waals surface area contributed by atoms with Crippen LogP contribution in [0.2, 0.25) is 0 Å². The van der Waals surface area contributed by atoms with E-state index in [4.69, 9.17) is 4.98 Å². The van der Waals surface area contributed by atoms with Crippen LogP contribution in [0.3, 0.4) is 0 Å². The van der Waals surface area contributed by atoms with Gasteiger partial charge in [-0.2, -0.15) is 0 Å². The summed E-state index contributed by atoms with van der Waals surface area (Å²) in [5.74, 6) is 0.300. The number of hydrogen-bond donors (Lipinski definition) is 3. The fraction of sp³-hybridized carbons (Fsp3) is 0.448. The lowest BCUT2D eigenvalue weighted by atomic mass is 10.1. The number of anilines is 1. The Labute approximate surface area is 233 Å². The average Bonchev–Trinajstić information content (AvgIpc) is 3.52. The lowest BCUT2D eigenvalue weighted by molar-refractivity contribution is -0.119. The molecule has 0 aliphatic carbocycles. The molecule has 2 amide bonds. The molecule has 0 spiro atoms. The molecule has 2 unspecified atom stereocenters. The van der Waals surface area contributed by atoms with Crippen LogP contribution >= 0.6 is 11.3 Å². The summed E-state index contributed by atoms with van der Waals surface area (Å²) in [4.78, 5) is 47.2. The minimum absolute atomic E-state index is 0.0505. The van der Waals surface area contributed by atoms with Crippen LogP contribution in [0.15, 0.2) is 29.6 Å². The minimum atomic E-state index is -0.378. The van der Waals surface area contributed by atoms with E-state index in [1.807, 2.05) is 36.6 Å². The Bertz CT molecular complexity index is 1470. The molecule has 4 heterocycles. The van der Waals surface area contributed by atoms with E-state index in [2.05, 4.69) is 34.4 Å². The highest BCUT2D eigenvalue weighted by atomic mass is 32.1. The molecule has 9 nitrogen and oxygen atoms in total. The van der Waals surface area contributed by atoms with E-state index in [1.54, 1.807) is 12.1 Å². The zero-order chi connectivity index (χ0) is 28.1. The second-order valence-corrected chi connectivity index (χ2v) is 10.9. The third-order valence-electron chi connectivity index (χ3n) is 7.14. The molecule has 10 heteroatoms. The first-order chi connectivity index (χ1) is 18.8. The van der Waals surface area contributed by atoms with Crippen molar-refractivity contribution in [2.75, 3.05) is 31.6 Å². The maximum absolute atomic E-state index is 13.8. The number of hydrogen-bond acceptors (Lipinski definition) is 7. The van der Waals surface area contributed by atoms with Crippen molar-refractivity contribution in [2.24, 2.45) is 0 Å². The Morgan fingerprint density at radius 1 is 1.31 bits per heavy atom. The number of carbonyl (C=O) groups excluding carboxylic acids is 2. The van der Waals surface area contributed by atoms with Crippen LogP contribution in [-0.2, 0) is 4.79 Å². The van der Waals surface area contributed by atoms with Crippen molar-refractivity contribution >= 4 is 57.0 Å². The average molecular weight is 551 g/mol. The first-order valence-electron chi connectivity index (χ1n) is 13.6. The second kappa shape index (κ2) is 12.6. The summed E-state index contributed by atoms with van der Waals surface area (Å²) in [5.41, 5.74) is 1.13. The molecule has 1 aliphatic rings. The largest absolute Gasteiger partial charge is 0.354 e. The predicted octanol–water partition coefficient (Wildman–Crippen LogP) is 3.81. The summed E-state index contributed by atoms with van der Waals surface area (Å²) in [5, 5.41) is 9.63. The summed E-state index contributed by atoms with van der Waals surface area (Å²) >= 11 is 1.36. The monoisotopic (exact) mass is 550 g/mol. The van der Waals surface area contributed by atoms with Crippen LogP contribution in [-0.4, -0.2) is 60.0 Å². The molecule has 208 valence electrons. The van der Waals surface area contributed by atoms with Crippen molar-refractivity contribution in [1.29, 1.82) is 0 Å². The summed E-state index contributed by atoms with van der Waals surface area (Å²) in [6, 6.07) is 3.95. The molecule has 3 N–H and O–H groups in total. The molecule has 0 saturated carbocycles. The van der Waals surface area contributed by atoms with Crippen molar-refractivity contribution in [3.05, 3.63) is 51.1 Å². The maximum Gasteiger partial charge on any atom is 0.258 e. The van der Waals surface area contributed by atoms with E-state index in [-0.39, 0.29) is 28.8 Å². The van der Waals surface area contributed by atoms with E-state index >= 15 is 0 Å². The molecule has 1 fully saturated rings. The lowest BCUT2D eigenvalue weighted by Crippen LogP contribution is -2.35. The zero-order valence-corrected chi connectivity index (χ0v) is 24.0. The summed E-state index contributed by atoms with van der Waals surface area (Å²) in [7, 11) is 1.93.